The number of aliphatic hydroxyl groups excluding tert-OH is 1. The molecule has 4 aliphatic rings. The molecule has 1 saturated heterocycles. The third kappa shape index (κ3) is 3.68. The van der Waals surface area contributed by atoms with E-state index >= 15 is 0 Å². The van der Waals surface area contributed by atoms with Crippen LogP contribution in [0.3, 0.4) is 0 Å². The van der Waals surface area contributed by atoms with Gasteiger partial charge in [0.1, 0.15) is 0 Å². The number of hydrogen-bond acceptors (Lipinski definition) is 3. The molecule has 1 heterocycles. The number of rotatable bonds is 3. The predicted molar refractivity (Wildman–Crippen MR) is 114 cm³/mol. The Hall–Kier alpha value is -0.900. The number of ether oxygens (including phenoxy) is 2. The Kier molecular flexibility index (Phi) is 5.51. The molecule has 0 aromatic heterocycles. The van der Waals surface area contributed by atoms with E-state index in [4.69, 9.17) is 9.47 Å². The number of hydrogen-bond donors (Lipinski definition) is 1. The molecule has 5 rings (SSSR count). The molecular formula is C26H38O3. The van der Waals surface area contributed by atoms with Crippen LogP contribution >= 0.6 is 0 Å². The third-order valence-corrected chi connectivity index (χ3v) is 9.16. The second-order valence-electron chi connectivity index (χ2n) is 10.8. The Morgan fingerprint density at radius 2 is 1.83 bits per heavy atom. The van der Waals surface area contributed by atoms with Crippen molar-refractivity contribution in [2.45, 2.75) is 90.3 Å². The molecule has 3 saturated carbocycles. The molecular weight excluding hydrogens is 360 g/mol. The molecule has 0 amide bonds. The summed E-state index contributed by atoms with van der Waals surface area (Å²) in [6.07, 6.45) is 9.60. The van der Waals surface area contributed by atoms with Gasteiger partial charge in [0.25, 0.3) is 0 Å². The Bertz CT molecular complexity index is 690. The van der Waals surface area contributed by atoms with Gasteiger partial charge in [0.15, 0.2) is 6.29 Å². The second-order valence-corrected chi connectivity index (χ2v) is 10.8. The Morgan fingerprint density at radius 1 is 1.00 bits per heavy atom. The van der Waals surface area contributed by atoms with Gasteiger partial charge in [-0.25, -0.2) is 0 Å². The van der Waals surface area contributed by atoms with Crippen molar-refractivity contribution in [1.82, 2.24) is 0 Å². The summed E-state index contributed by atoms with van der Waals surface area (Å²) < 4.78 is 12.7. The van der Waals surface area contributed by atoms with Crippen LogP contribution in [0, 0.1) is 35.0 Å². The van der Waals surface area contributed by atoms with E-state index in [1.165, 1.54) is 44.1 Å². The summed E-state index contributed by atoms with van der Waals surface area (Å²) >= 11 is 0. The highest BCUT2D eigenvalue weighted by Gasteiger charge is 2.57. The number of aliphatic hydroxyl groups is 1. The summed E-state index contributed by atoms with van der Waals surface area (Å²) in [7, 11) is 0. The van der Waals surface area contributed by atoms with Crippen molar-refractivity contribution in [3.05, 3.63) is 35.9 Å². The zero-order valence-corrected chi connectivity index (χ0v) is 18.1. The molecule has 0 spiro atoms. The average Bonchev–Trinajstić information content (AvgIpc) is 2.97. The minimum atomic E-state index is -0.575. The van der Waals surface area contributed by atoms with E-state index in [0.717, 1.165) is 31.3 Å². The molecule has 1 aromatic rings. The van der Waals surface area contributed by atoms with Gasteiger partial charge in [-0.2, -0.15) is 0 Å². The van der Waals surface area contributed by atoms with Crippen molar-refractivity contribution < 1.29 is 14.6 Å². The van der Waals surface area contributed by atoms with E-state index in [1.807, 2.05) is 0 Å². The lowest BCUT2D eigenvalue weighted by Gasteiger charge is -2.51. The van der Waals surface area contributed by atoms with Gasteiger partial charge in [-0.1, -0.05) is 50.6 Å². The zero-order valence-electron chi connectivity index (χ0n) is 18.1. The number of benzene rings is 1. The van der Waals surface area contributed by atoms with E-state index in [2.05, 4.69) is 44.2 Å². The van der Waals surface area contributed by atoms with Gasteiger partial charge in [0.05, 0.1) is 18.8 Å². The fraction of sp³-hybridized carbons (Fsp3) is 0.769. The monoisotopic (exact) mass is 398 g/mol. The largest absolute Gasteiger partial charge is 0.373 e. The highest BCUT2D eigenvalue weighted by atomic mass is 16.6. The third-order valence-electron chi connectivity index (χ3n) is 9.16. The molecule has 0 bridgehead atoms. The zero-order chi connectivity index (χ0) is 20.0. The van der Waals surface area contributed by atoms with Crippen molar-refractivity contribution in [1.29, 1.82) is 0 Å². The topological polar surface area (TPSA) is 38.7 Å². The van der Waals surface area contributed by atoms with Crippen molar-refractivity contribution >= 4 is 0 Å². The maximum atomic E-state index is 10.7. The standard InChI is InChI=1S/C26H38O3/c1-17-8-9-20-19-12-13-26(2)22(21(19)15-25(27)29-23(20)14-17)10-11-24(26)28-16-18-6-4-3-5-7-18/h3-7,17,19-25,27H,8-16H2,1-2H3/t17-,19+,20+,21+,22-,23-,24-,25?,26-/m0/s1. The highest BCUT2D eigenvalue weighted by molar-refractivity contribution is 5.14. The quantitative estimate of drug-likeness (QED) is 0.725. The molecule has 1 aromatic carbocycles. The van der Waals surface area contributed by atoms with E-state index < -0.39 is 6.29 Å². The van der Waals surface area contributed by atoms with Gasteiger partial charge in [-0.15, -0.1) is 0 Å². The first-order valence-electron chi connectivity index (χ1n) is 12.0. The number of fused-ring (bicyclic) bond motifs is 5. The molecule has 1 unspecified atom stereocenters. The maximum absolute atomic E-state index is 10.7. The van der Waals surface area contributed by atoms with Crippen LogP contribution in [-0.2, 0) is 16.1 Å². The Labute approximate surface area is 176 Å². The van der Waals surface area contributed by atoms with E-state index in [0.29, 0.717) is 23.9 Å². The van der Waals surface area contributed by atoms with Crippen molar-refractivity contribution in [3.8, 4) is 0 Å². The summed E-state index contributed by atoms with van der Waals surface area (Å²) in [6, 6.07) is 10.6. The van der Waals surface area contributed by atoms with Crippen LogP contribution in [0.25, 0.3) is 0 Å². The summed E-state index contributed by atoms with van der Waals surface area (Å²) in [5.74, 6) is 3.38. The fourth-order valence-corrected chi connectivity index (χ4v) is 7.67. The SMILES string of the molecule is C[C@H]1CC[C@@H]2[C@H]3CC[C@]4(C)[C@@H](OCc5ccccc5)CC[C@H]4[C@@H]3CC(O)O[C@H]2C1. The first kappa shape index (κ1) is 20.0. The van der Waals surface area contributed by atoms with Crippen molar-refractivity contribution in [3.63, 3.8) is 0 Å². The lowest BCUT2D eigenvalue weighted by Crippen LogP contribution is -2.47. The smallest absolute Gasteiger partial charge is 0.155 e. The van der Waals surface area contributed by atoms with Gasteiger partial charge >= 0.3 is 0 Å². The van der Waals surface area contributed by atoms with Crippen LogP contribution in [-0.4, -0.2) is 23.6 Å². The molecule has 29 heavy (non-hydrogen) atoms. The van der Waals surface area contributed by atoms with Crippen LogP contribution in [0.15, 0.2) is 30.3 Å². The van der Waals surface area contributed by atoms with Crippen LogP contribution in [0.2, 0.25) is 0 Å². The molecule has 160 valence electrons. The van der Waals surface area contributed by atoms with E-state index in [1.54, 1.807) is 0 Å². The minimum absolute atomic E-state index is 0.247. The molecule has 3 heteroatoms. The fourth-order valence-electron chi connectivity index (χ4n) is 7.67. The summed E-state index contributed by atoms with van der Waals surface area (Å²) in [4.78, 5) is 0. The van der Waals surface area contributed by atoms with Crippen molar-refractivity contribution in [2.24, 2.45) is 35.0 Å². The van der Waals surface area contributed by atoms with Gasteiger partial charge in [-0.3, -0.25) is 0 Å². The normalized spacial score (nSPS) is 47.0. The summed E-state index contributed by atoms with van der Waals surface area (Å²) in [5, 5.41) is 10.7. The van der Waals surface area contributed by atoms with E-state index in [9.17, 15) is 5.11 Å². The Morgan fingerprint density at radius 3 is 2.66 bits per heavy atom. The Balaban J connectivity index is 1.33. The molecule has 3 nitrogen and oxygen atoms in total. The van der Waals surface area contributed by atoms with Gasteiger partial charge in [-0.05, 0) is 79.1 Å². The predicted octanol–water partition coefficient (Wildman–Crippen LogP) is 5.56. The molecule has 4 fully saturated rings. The van der Waals surface area contributed by atoms with Crippen molar-refractivity contribution in [2.75, 3.05) is 0 Å². The highest BCUT2D eigenvalue weighted by Crippen LogP contribution is 2.61. The second kappa shape index (κ2) is 7.98. The molecule has 1 N–H and O–H groups in total. The summed E-state index contributed by atoms with van der Waals surface area (Å²) in [5.41, 5.74) is 1.52. The first-order chi connectivity index (χ1) is 14.0. The van der Waals surface area contributed by atoms with Crippen LogP contribution in [0.1, 0.15) is 70.8 Å². The van der Waals surface area contributed by atoms with Gasteiger partial charge in [0.2, 0.25) is 0 Å². The molecule has 9 atom stereocenters. The molecule has 0 radical (unpaired) electrons. The van der Waals surface area contributed by atoms with Crippen LogP contribution in [0.5, 0.6) is 0 Å². The van der Waals surface area contributed by atoms with Crippen LogP contribution < -0.4 is 0 Å². The van der Waals surface area contributed by atoms with Gasteiger partial charge in [0, 0.05) is 6.42 Å². The van der Waals surface area contributed by atoms with Crippen LogP contribution in [0.4, 0.5) is 0 Å². The molecule has 1 aliphatic heterocycles. The average molecular weight is 399 g/mol. The lowest BCUT2D eigenvalue weighted by atomic mass is 9.55. The van der Waals surface area contributed by atoms with Gasteiger partial charge < -0.3 is 14.6 Å². The molecule has 3 aliphatic carbocycles. The minimum Gasteiger partial charge on any atom is -0.373 e. The lowest BCUT2D eigenvalue weighted by molar-refractivity contribution is -0.158. The maximum Gasteiger partial charge on any atom is 0.155 e. The summed E-state index contributed by atoms with van der Waals surface area (Å²) in [6.45, 7) is 5.54. The van der Waals surface area contributed by atoms with E-state index in [-0.39, 0.29) is 11.5 Å². The first-order valence-corrected chi connectivity index (χ1v) is 12.0.